The average Bonchev–Trinajstić information content (AvgIpc) is 2.79. The second-order valence-electron chi connectivity index (χ2n) is 9.43. The first-order chi connectivity index (χ1) is 15.1. The van der Waals surface area contributed by atoms with Crippen LogP contribution in [-0.4, -0.2) is 0 Å². The van der Waals surface area contributed by atoms with Crippen molar-refractivity contribution in [3.8, 4) is 0 Å². The van der Waals surface area contributed by atoms with E-state index in [2.05, 4.69) is 25.1 Å². The van der Waals surface area contributed by atoms with E-state index in [1.807, 2.05) is 12.1 Å². The van der Waals surface area contributed by atoms with E-state index in [9.17, 15) is 4.39 Å². The minimum absolute atomic E-state index is 0.111. The third-order valence-electron chi connectivity index (χ3n) is 7.20. The summed E-state index contributed by atoms with van der Waals surface area (Å²) in [6.07, 6.45) is 12.0. The highest BCUT2D eigenvalue weighted by Crippen LogP contribution is 2.34. The quantitative estimate of drug-likeness (QED) is 0.343. The molecule has 0 spiro atoms. The molecule has 1 saturated carbocycles. The van der Waals surface area contributed by atoms with Crippen LogP contribution in [0.2, 0.25) is 0 Å². The molecule has 1 aliphatic rings. The number of hydrogen-bond acceptors (Lipinski definition) is 0. The van der Waals surface area contributed by atoms with Gasteiger partial charge in [0, 0.05) is 5.39 Å². The van der Waals surface area contributed by atoms with Crippen LogP contribution in [0.15, 0.2) is 54.6 Å². The zero-order chi connectivity index (χ0) is 21.6. The van der Waals surface area contributed by atoms with Crippen LogP contribution >= 0.6 is 0 Å². The lowest BCUT2D eigenvalue weighted by atomic mass is 9.78. The monoisotopic (exact) mass is 420 g/mol. The van der Waals surface area contributed by atoms with Crippen LogP contribution in [0.25, 0.3) is 10.8 Å². The smallest absolute Gasteiger partial charge is 0.134 e. The van der Waals surface area contributed by atoms with Gasteiger partial charge < -0.3 is 0 Å². The largest absolute Gasteiger partial charge is 0.207 e. The first-order valence-electron chi connectivity index (χ1n) is 12.1. The molecule has 0 nitrogen and oxygen atoms in total. The second kappa shape index (κ2) is 10.4. The van der Waals surface area contributed by atoms with E-state index in [0.717, 1.165) is 34.8 Å². The highest BCUT2D eigenvalue weighted by Gasteiger charge is 2.20. The van der Waals surface area contributed by atoms with E-state index in [-0.39, 0.29) is 11.6 Å². The van der Waals surface area contributed by atoms with Crippen LogP contribution in [0.3, 0.4) is 0 Å². The summed E-state index contributed by atoms with van der Waals surface area (Å²) in [5, 5.41) is 1.70. The molecule has 0 amide bonds. The van der Waals surface area contributed by atoms with Gasteiger partial charge in [0.15, 0.2) is 0 Å². The fourth-order valence-corrected chi connectivity index (χ4v) is 5.25. The van der Waals surface area contributed by atoms with Gasteiger partial charge in [0.2, 0.25) is 0 Å². The number of fused-ring (bicyclic) bond motifs is 1. The van der Waals surface area contributed by atoms with Gasteiger partial charge in [-0.3, -0.25) is 0 Å². The molecule has 0 aromatic heterocycles. The predicted octanol–water partition coefficient (Wildman–Crippen LogP) is 8.44. The van der Waals surface area contributed by atoms with E-state index in [1.165, 1.54) is 62.6 Å². The van der Waals surface area contributed by atoms with Gasteiger partial charge in [-0.25, -0.2) is 8.78 Å². The van der Waals surface area contributed by atoms with E-state index >= 15 is 4.39 Å². The Balaban J connectivity index is 1.36. The van der Waals surface area contributed by atoms with Crippen LogP contribution in [0.5, 0.6) is 0 Å². The van der Waals surface area contributed by atoms with Crippen molar-refractivity contribution in [3.05, 3.63) is 82.9 Å². The average molecular weight is 421 g/mol. The zero-order valence-electron chi connectivity index (χ0n) is 18.7. The lowest BCUT2D eigenvalue weighted by Crippen LogP contribution is -2.15. The summed E-state index contributed by atoms with van der Waals surface area (Å²) in [5.41, 5.74) is 3.08. The van der Waals surface area contributed by atoms with Gasteiger partial charge in [-0.2, -0.15) is 0 Å². The van der Waals surface area contributed by atoms with Crippen molar-refractivity contribution in [3.63, 3.8) is 0 Å². The zero-order valence-corrected chi connectivity index (χ0v) is 18.7. The van der Waals surface area contributed by atoms with Gasteiger partial charge in [0.1, 0.15) is 11.6 Å². The van der Waals surface area contributed by atoms with Crippen molar-refractivity contribution >= 4 is 10.8 Å². The molecule has 31 heavy (non-hydrogen) atoms. The maximum absolute atomic E-state index is 15.1. The lowest BCUT2D eigenvalue weighted by molar-refractivity contribution is 0.252. The Hall–Kier alpha value is -2.22. The predicted molar refractivity (Wildman–Crippen MR) is 126 cm³/mol. The van der Waals surface area contributed by atoms with Crippen molar-refractivity contribution in [2.75, 3.05) is 0 Å². The van der Waals surface area contributed by atoms with Crippen LogP contribution in [0, 0.1) is 23.5 Å². The number of benzene rings is 3. The Morgan fingerprint density at radius 3 is 2.10 bits per heavy atom. The molecule has 0 saturated heterocycles. The Kier molecular flexibility index (Phi) is 7.37. The molecule has 0 heterocycles. The van der Waals surface area contributed by atoms with Gasteiger partial charge >= 0.3 is 0 Å². The molecule has 164 valence electrons. The molecule has 0 bridgehead atoms. The van der Waals surface area contributed by atoms with Crippen LogP contribution in [0.4, 0.5) is 8.78 Å². The first-order valence-corrected chi connectivity index (χ1v) is 12.1. The minimum atomic E-state index is -0.236. The molecule has 4 rings (SSSR count). The number of halogens is 2. The number of rotatable bonds is 8. The number of aryl methyl sites for hydroxylation is 3. The maximum atomic E-state index is 15.1. The molecule has 1 fully saturated rings. The van der Waals surface area contributed by atoms with Crippen molar-refractivity contribution in [1.82, 2.24) is 0 Å². The summed E-state index contributed by atoms with van der Waals surface area (Å²) in [6.45, 7) is 2.29. The molecule has 0 radical (unpaired) electrons. The lowest BCUT2D eigenvalue weighted by Gasteiger charge is -2.28. The van der Waals surface area contributed by atoms with Gasteiger partial charge in [-0.15, -0.1) is 0 Å². The molecule has 0 atom stereocenters. The van der Waals surface area contributed by atoms with E-state index in [1.54, 1.807) is 12.1 Å². The number of hydrogen-bond donors (Lipinski definition) is 0. The van der Waals surface area contributed by atoms with Crippen molar-refractivity contribution < 1.29 is 8.78 Å². The fraction of sp³-hybridized carbons (Fsp3) is 0.448. The highest BCUT2D eigenvalue weighted by atomic mass is 19.1. The van der Waals surface area contributed by atoms with Crippen LogP contribution < -0.4 is 0 Å². The summed E-state index contributed by atoms with van der Waals surface area (Å²) < 4.78 is 28.1. The topological polar surface area (TPSA) is 0 Å². The van der Waals surface area contributed by atoms with Gasteiger partial charge in [-0.05, 0) is 71.7 Å². The Bertz CT molecular complexity index is 982. The van der Waals surface area contributed by atoms with Crippen molar-refractivity contribution in [2.45, 2.75) is 71.1 Å². The third kappa shape index (κ3) is 5.73. The van der Waals surface area contributed by atoms with Gasteiger partial charge in [0.25, 0.3) is 0 Å². The Labute approximate surface area is 185 Å². The van der Waals surface area contributed by atoms with E-state index in [4.69, 9.17) is 0 Å². The van der Waals surface area contributed by atoms with Gasteiger partial charge in [-0.1, -0.05) is 87.9 Å². The summed E-state index contributed by atoms with van der Waals surface area (Å²) >= 11 is 0. The standard InChI is InChI=1S/C29H34F2/c1-2-3-21-4-6-22(7-5-21)8-9-24-13-19-28-26(20-24)16-15-25(29(28)31)14-10-23-11-17-27(30)18-12-23/h11-13,15-22H,2-10,14H2,1H3. The fourth-order valence-electron chi connectivity index (χ4n) is 5.25. The van der Waals surface area contributed by atoms with E-state index in [0.29, 0.717) is 18.2 Å². The molecule has 2 heteroatoms. The molecule has 0 aliphatic heterocycles. The van der Waals surface area contributed by atoms with Crippen LogP contribution in [-0.2, 0) is 19.3 Å². The molecular formula is C29H34F2. The van der Waals surface area contributed by atoms with E-state index < -0.39 is 0 Å². The maximum Gasteiger partial charge on any atom is 0.134 e. The molecular weight excluding hydrogens is 386 g/mol. The molecule has 3 aromatic carbocycles. The SMILES string of the molecule is CCCC1CCC(CCc2ccc3c(F)c(CCc4ccc(F)cc4)ccc3c2)CC1. The van der Waals surface area contributed by atoms with Crippen molar-refractivity contribution in [1.29, 1.82) is 0 Å². The third-order valence-corrected chi connectivity index (χ3v) is 7.20. The summed E-state index contributed by atoms with van der Waals surface area (Å²) in [7, 11) is 0. The Morgan fingerprint density at radius 2 is 1.39 bits per heavy atom. The van der Waals surface area contributed by atoms with Crippen molar-refractivity contribution in [2.24, 2.45) is 11.8 Å². The molecule has 0 unspecified atom stereocenters. The van der Waals surface area contributed by atoms with Gasteiger partial charge in [0.05, 0.1) is 0 Å². The Morgan fingerprint density at radius 1 is 0.710 bits per heavy atom. The molecule has 0 N–H and O–H groups in total. The highest BCUT2D eigenvalue weighted by molar-refractivity contribution is 5.84. The summed E-state index contributed by atoms with van der Waals surface area (Å²) in [6, 6.07) is 16.7. The normalized spacial score (nSPS) is 19.1. The molecule has 1 aliphatic carbocycles. The second-order valence-corrected chi connectivity index (χ2v) is 9.43. The minimum Gasteiger partial charge on any atom is -0.207 e. The van der Waals surface area contributed by atoms with Crippen LogP contribution in [0.1, 0.15) is 68.6 Å². The molecule has 3 aromatic rings. The summed E-state index contributed by atoms with van der Waals surface area (Å²) in [5.74, 6) is 1.47. The summed E-state index contributed by atoms with van der Waals surface area (Å²) in [4.78, 5) is 0. The first kappa shape index (κ1) is 22.0.